The third-order valence-electron chi connectivity index (χ3n) is 6.90. The van der Waals surface area contributed by atoms with Crippen molar-refractivity contribution < 1.29 is 9.90 Å². The van der Waals surface area contributed by atoms with Crippen molar-refractivity contribution in [1.82, 2.24) is 0 Å². The minimum atomic E-state index is -0.601. The highest BCUT2D eigenvalue weighted by molar-refractivity contribution is 5.66. The molecule has 186 valence electrons. The summed E-state index contributed by atoms with van der Waals surface area (Å²) in [5.74, 6) is -0.189. The normalized spacial score (nSPS) is 12.3. The van der Waals surface area contributed by atoms with Gasteiger partial charge in [-0.05, 0) is 18.8 Å². The van der Waals surface area contributed by atoms with Gasteiger partial charge in [0.2, 0.25) is 0 Å². The zero-order chi connectivity index (χ0) is 22.8. The van der Waals surface area contributed by atoms with Crippen LogP contribution in [0.15, 0.2) is 0 Å². The lowest BCUT2D eigenvalue weighted by Crippen LogP contribution is -2.08. The number of unbranched alkanes of at least 4 members (excludes halogenated alkanes) is 20. The molecule has 1 unspecified atom stereocenters. The van der Waals surface area contributed by atoms with Gasteiger partial charge in [0.25, 0.3) is 0 Å². The van der Waals surface area contributed by atoms with Gasteiger partial charge in [-0.2, -0.15) is 0 Å². The summed E-state index contributed by atoms with van der Waals surface area (Å²) >= 11 is 0. The Kier molecular flexibility index (Phi) is 25.3. The lowest BCUT2D eigenvalue weighted by atomic mass is 9.91. The molecule has 0 aromatic heterocycles. The van der Waals surface area contributed by atoms with Crippen LogP contribution >= 0.6 is 0 Å². The predicted molar refractivity (Wildman–Crippen MR) is 138 cm³/mol. The number of aliphatic carboxylic acids is 1. The van der Waals surface area contributed by atoms with Gasteiger partial charge >= 0.3 is 5.97 Å². The molecule has 0 aliphatic carbocycles. The maximum Gasteiger partial charge on any atom is 0.303 e. The van der Waals surface area contributed by atoms with Gasteiger partial charge in [0.05, 0.1) is 0 Å². The Morgan fingerprint density at radius 1 is 0.484 bits per heavy atom. The molecule has 0 aromatic rings. The van der Waals surface area contributed by atoms with E-state index >= 15 is 0 Å². The number of carboxylic acids is 1. The second-order valence-corrected chi connectivity index (χ2v) is 10.1. The number of rotatable bonds is 26. The summed E-state index contributed by atoms with van der Waals surface area (Å²) in [6.45, 7) is 4.55. The van der Waals surface area contributed by atoms with Crippen LogP contribution in [0.1, 0.15) is 174 Å². The molecule has 0 saturated heterocycles. The molecule has 31 heavy (non-hydrogen) atoms. The van der Waals surface area contributed by atoms with Crippen LogP contribution < -0.4 is 0 Å². The molecule has 0 amide bonds. The summed E-state index contributed by atoms with van der Waals surface area (Å²) in [5.41, 5.74) is 0. The first-order valence-corrected chi connectivity index (χ1v) is 14.4. The Bertz CT molecular complexity index is 353. The van der Waals surface area contributed by atoms with E-state index in [1.54, 1.807) is 0 Å². The van der Waals surface area contributed by atoms with Crippen LogP contribution in [-0.4, -0.2) is 11.1 Å². The fourth-order valence-corrected chi connectivity index (χ4v) is 4.79. The van der Waals surface area contributed by atoms with E-state index in [1.807, 2.05) is 0 Å². The smallest absolute Gasteiger partial charge is 0.303 e. The SMILES string of the molecule is CCCCCCCCCCCCCCC(CCCCCCCCCCCC)CC(=O)O. The number of hydrogen-bond acceptors (Lipinski definition) is 1. The van der Waals surface area contributed by atoms with E-state index in [0.717, 1.165) is 12.8 Å². The summed E-state index contributed by atoms with van der Waals surface area (Å²) in [6.07, 6.45) is 32.7. The molecule has 0 aromatic carbocycles. The van der Waals surface area contributed by atoms with Crippen molar-refractivity contribution in [2.45, 2.75) is 174 Å². The topological polar surface area (TPSA) is 37.3 Å². The number of hydrogen-bond donors (Lipinski definition) is 1. The van der Waals surface area contributed by atoms with Crippen LogP contribution in [-0.2, 0) is 4.79 Å². The Labute approximate surface area is 196 Å². The Morgan fingerprint density at radius 3 is 1.00 bits per heavy atom. The van der Waals surface area contributed by atoms with E-state index < -0.39 is 5.97 Å². The first-order valence-electron chi connectivity index (χ1n) is 14.4. The highest BCUT2D eigenvalue weighted by Crippen LogP contribution is 2.22. The Balaban J connectivity index is 3.53. The lowest BCUT2D eigenvalue weighted by Gasteiger charge is -2.14. The molecule has 0 rings (SSSR count). The van der Waals surface area contributed by atoms with Crippen molar-refractivity contribution >= 4 is 5.97 Å². The molecule has 2 nitrogen and oxygen atoms in total. The van der Waals surface area contributed by atoms with Gasteiger partial charge in [-0.3, -0.25) is 4.79 Å². The average Bonchev–Trinajstić information content (AvgIpc) is 2.75. The van der Waals surface area contributed by atoms with Gasteiger partial charge in [0.1, 0.15) is 0 Å². The molecule has 0 spiro atoms. The standard InChI is InChI=1S/C29H58O2/c1-3-5-7-9-11-13-15-16-18-20-22-24-26-28(27-29(30)31)25-23-21-19-17-14-12-10-8-6-4-2/h28H,3-27H2,1-2H3,(H,30,31). The highest BCUT2D eigenvalue weighted by Gasteiger charge is 2.12. The fraction of sp³-hybridized carbons (Fsp3) is 0.966. The van der Waals surface area contributed by atoms with E-state index in [9.17, 15) is 9.90 Å². The molecule has 0 saturated carbocycles. The van der Waals surface area contributed by atoms with Crippen LogP contribution in [0.25, 0.3) is 0 Å². The van der Waals surface area contributed by atoms with E-state index in [0.29, 0.717) is 12.3 Å². The molecule has 0 bridgehead atoms. The first-order chi connectivity index (χ1) is 15.2. The summed E-state index contributed by atoms with van der Waals surface area (Å²) in [7, 11) is 0. The van der Waals surface area contributed by atoms with Crippen molar-refractivity contribution in [2.75, 3.05) is 0 Å². The Hall–Kier alpha value is -0.530. The monoisotopic (exact) mass is 438 g/mol. The van der Waals surface area contributed by atoms with Crippen molar-refractivity contribution in [3.05, 3.63) is 0 Å². The van der Waals surface area contributed by atoms with Gasteiger partial charge in [-0.1, -0.05) is 155 Å². The second kappa shape index (κ2) is 25.7. The third-order valence-corrected chi connectivity index (χ3v) is 6.90. The van der Waals surface area contributed by atoms with Gasteiger partial charge in [0, 0.05) is 6.42 Å². The van der Waals surface area contributed by atoms with Crippen molar-refractivity contribution in [3.8, 4) is 0 Å². The van der Waals surface area contributed by atoms with Crippen LogP contribution in [0, 0.1) is 5.92 Å². The molecule has 0 heterocycles. The molecule has 0 fully saturated rings. The highest BCUT2D eigenvalue weighted by atomic mass is 16.4. The molecule has 1 N–H and O–H groups in total. The zero-order valence-corrected chi connectivity index (χ0v) is 21.6. The minimum Gasteiger partial charge on any atom is -0.481 e. The minimum absolute atomic E-state index is 0.384. The molecule has 0 radical (unpaired) electrons. The molecular formula is C29H58O2. The van der Waals surface area contributed by atoms with Gasteiger partial charge in [0.15, 0.2) is 0 Å². The first kappa shape index (κ1) is 30.5. The molecule has 0 aliphatic heterocycles. The van der Waals surface area contributed by atoms with Crippen molar-refractivity contribution in [3.63, 3.8) is 0 Å². The molecule has 1 atom stereocenters. The molecule has 2 heteroatoms. The van der Waals surface area contributed by atoms with Crippen LogP contribution in [0.3, 0.4) is 0 Å². The number of carboxylic acid groups (broad SMARTS) is 1. The van der Waals surface area contributed by atoms with Crippen LogP contribution in [0.2, 0.25) is 0 Å². The fourth-order valence-electron chi connectivity index (χ4n) is 4.79. The molecule has 0 aliphatic rings. The summed E-state index contributed by atoms with van der Waals surface area (Å²) in [6, 6.07) is 0. The largest absolute Gasteiger partial charge is 0.481 e. The van der Waals surface area contributed by atoms with Gasteiger partial charge < -0.3 is 5.11 Å². The Morgan fingerprint density at radius 2 is 0.742 bits per heavy atom. The quantitative estimate of drug-likeness (QED) is 0.136. The van der Waals surface area contributed by atoms with Gasteiger partial charge in [-0.25, -0.2) is 0 Å². The maximum atomic E-state index is 11.2. The third kappa shape index (κ3) is 25.6. The maximum absolute atomic E-state index is 11.2. The summed E-state index contributed by atoms with van der Waals surface area (Å²) in [5, 5.41) is 9.24. The summed E-state index contributed by atoms with van der Waals surface area (Å²) < 4.78 is 0. The zero-order valence-electron chi connectivity index (χ0n) is 21.6. The second-order valence-electron chi connectivity index (χ2n) is 10.1. The predicted octanol–water partition coefficient (Wildman–Crippen LogP) is 10.5. The van der Waals surface area contributed by atoms with Crippen LogP contribution in [0.4, 0.5) is 0 Å². The number of carbonyl (C=O) groups is 1. The van der Waals surface area contributed by atoms with Crippen LogP contribution in [0.5, 0.6) is 0 Å². The van der Waals surface area contributed by atoms with E-state index in [2.05, 4.69) is 13.8 Å². The summed E-state index contributed by atoms with van der Waals surface area (Å²) in [4.78, 5) is 11.2. The van der Waals surface area contributed by atoms with Crippen molar-refractivity contribution in [2.24, 2.45) is 5.92 Å². The van der Waals surface area contributed by atoms with Gasteiger partial charge in [-0.15, -0.1) is 0 Å². The van der Waals surface area contributed by atoms with E-state index in [1.165, 1.54) is 141 Å². The average molecular weight is 439 g/mol. The van der Waals surface area contributed by atoms with E-state index in [-0.39, 0.29) is 0 Å². The van der Waals surface area contributed by atoms with Crippen molar-refractivity contribution in [1.29, 1.82) is 0 Å². The molecular weight excluding hydrogens is 380 g/mol. The van der Waals surface area contributed by atoms with E-state index in [4.69, 9.17) is 0 Å². The lowest BCUT2D eigenvalue weighted by molar-refractivity contribution is -0.138.